The monoisotopic (exact) mass is 306 g/mol. The summed E-state index contributed by atoms with van der Waals surface area (Å²) in [5.74, 6) is 0.392. The van der Waals surface area contributed by atoms with E-state index in [-0.39, 0.29) is 11.0 Å². The zero-order valence-corrected chi connectivity index (χ0v) is 13.9. The first-order valence-electron chi connectivity index (χ1n) is 7.17. The fraction of sp³-hybridized carbons (Fsp3) is 0.600. The number of thioether (sulfide) groups is 1. The molecule has 1 unspecified atom stereocenters. The van der Waals surface area contributed by atoms with Crippen molar-refractivity contribution in [1.29, 1.82) is 0 Å². The third-order valence-corrected chi connectivity index (χ3v) is 4.03. The molecule has 114 valence electrons. The number of allylic oxidation sites excluding steroid dienone is 2. The molecular formula is C15H22N4OS. The molecule has 1 aromatic rings. The third kappa shape index (κ3) is 3.81. The fourth-order valence-electron chi connectivity index (χ4n) is 2.18. The predicted molar refractivity (Wildman–Crippen MR) is 87.1 cm³/mol. The minimum Gasteiger partial charge on any atom is -0.265 e. The molecule has 5 nitrogen and oxygen atoms in total. The van der Waals surface area contributed by atoms with Crippen LogP contribution in [0.3, 0.4) is 0 Å². The van der Waals surface area contributed by atoms with E-state index in [0.717, 1.165) is 19.3 Å². The summed E-state index contributed by atoms with van der Waals surface area (Å²) in [6.07, 6.45) is 11.2. The maximum absolute atomic E-state index is 12.6. The van der Waals surface area contributed by atoms with Crippen LogP contribution in [0.2, 0.25) is 0 Å². The summed E-state index contributed by atoms with van der Waals surface area (Å²) >= 11 is 1.38. The fourth-order valence-corrected chi connectivity index (χ4v) is 2.60. The summed E-state index contributed by atoms with van der Waals surface area (Å²) in [4.78, 5) is 12.6. The predicted octanol–water partition coefficient (Wildman–Crippen LogP) is 2.85. The standard InChI is InChI=1S/C15H22N4OS/c1-15(2,3)12-13(20)19(14(21-4)18-17-12)16-10-11-8-6-5-7-9-11/h5-6,10-11H,7-9H2,1-4H3/b16-10+. The van der Waals surface area contributed by atoms with Crippen molar-refractivity contribution in [2.75, 3.05) is 6.26 Å². The number of nitrogens with zero attached hydrogens (tertiary/aromatic N) is 4. The van der Waals surface area contributed by atoms with Crippen molar-refractivity contribution in [3.05, 3.63) is 28.2 Å². The average Bonchev–Trinajstić information content (AvgIpc) is 2.45. The zero-order valence-electron chi connectivity index (χ0n) is 13.0. The van der Waals surface area contributed by atoms with Crippen LogP contribution < -0.4 is 5.56 Å². The highest BCUT2D eigenvalue weighted by Crippen LogP contribution is 2.18. The molecule has 1 aliphatic carbocycles. The molecule has 1 atom stereocenters. The van der Waals surface area contributed by atoms with Crippen LogP contribution in [0.4, 0.5) is 0 Å². The van der Waals surface area contributed by atoms with Gasteiger partial charge in [0.05, 0.1) is 0 Å². The number of aromatic nitrogens is 3. The minimum absolute atomic E-state index is 0.176. The Morgan fingerprint density at radius 3 is 2.71 bits per heavy atom. The van der Waals surface area contributed by atoms with Crippen LogP contribution in [0.15, 0.2) is 27.2 Å². The van der Waals surface area contributed by atoms with E-state index >= 15 is 0 Å². The highest BCUT2D eigenvalue weighted by molar-refractivity contribution is 7.98. The smallest absolute Gasteiger partial charge is 0.265 e. The maximum Gasteiger partial charge on any atom is 0.297 e. The number of rotatable bonds is 3. The molecule has 0 aromatic carbocycles. The summed E-state index contributed by atoms with van der Waals surface area (Å²) in [5, 5.41) is 13.1. The van der Waals surface area contributed by atoms with Gasteiger partial charge in [-0.05, 0) is 31.4 Å². The number of hydrogen-bond acceptors (Lipinski definition) is 5. The lowest BCUT2D eigenvalue weighted by Gasteiger charge is -2.17. The Morgan fingerprint density at radius 1 is 1.38 bits per heavy atom. The Morgan fingerprint density at radius 2 is 2.14 bits per heavy atom. The molecular weight excluding hydrogens is 284 g/mol. The first kappa shape index (κ1) is 15.9. The van der Waals surface area contributed by atoms with Crippen molar-refractivity contribution in [2.45, 2.75) is 50.6 Å². The molecule has 1 aliphatic rings. The Balaban J connectivity index is 2.38. The summed E-state index contributed by atoms with van der Waals surface area (Å²) in [6, 6.07) is 0. The highest BCUT2D eigenvalue weighted by Gasteiger charge is 2.23. The molecule has 1 aromatic heterocycles. The van der Waals surface area contributed by atoms with E-state index < -0.39 is 0 Å². The van der Waals surface area contributed by atoms with Crippen LogP contribution in [0.1, 0.15) is 45.7 Å². The lowest BCUT2D eigenvalue weighted by molar-refractivity contribution is 0.508. The Labute approximate surface area is 129 Å². The zero-order chi connectivity index (χ0) is 15.5. The topological polar surface area (TPSA) is 60.1 Å². The van der Waals surface area contributed by atoms with Gasteiger partial charge in [0, 0.05) is 11.6 Å². The van der Waals surface area contributed by atoms with Crippen molar-refractivity contribution < 1.29 is 0 Å². The van der Waals surface area contributed by atoms with E-state index in [2.05, 4.69) is 27.5 Å². The van der Waals surface area contributed by atoms with Crippen LogP contribution in [0.5, 0.6) is 0 Å². The van der Waals surface area contributed by atoms with Crippen molar-refractivity contribution in [3.63, 3.8) is 0 Å². The van der Waals surface area contributed by atoms with Gasteiger partial charge in [0.2, 0.25) is 5.16 Å². The molecule has 1 heterocycles. The van der Waals surface area contributed by atoms with Crippen LogP contribution in [0.25, 0.3) is 0 Å². The van der Waals surface area contributed by atoms with Crippen molar-refractivity contribution >= 4 is 18.0 Å². The van der Waals surface area contributed by atoms with Crippen LogP contribution in [0, 0.1) is 5.92 Å². The van der Waals surface area contributed by atoms with Gasteiger partial charge < -0.3 is 0 Å². The van der Waals surface area contributed by atoms with Gasteiger partial charge >= 0.3 is 0 Å². The van der Waals surface area contributed by atoms with Crippen LogP contribution in [-0.4, -0.2) is 27.3 Å². The van der Waals surface area contributed by atoms with Crippen molar-refractivity contribution in [1.82, 2.24) is 14.9 Å². The molecule has 0 saturated carbocycles. The van der Waals surface area contributed by atoms with Crippen molar-refractivity contribution in [3.8, 4) is 0 Å². The summed E-state index contributed by atoms with van der Waals surface area (Å²) in [7, 11) is 0. The molecule has 2 rings (SSSR count). The van der Waals surface area contributed by atoms with E-state index in [0.29, 0.717) is 16.8 Å². The molecule has 0 amide bonds. The first-order valence-corrected chi connectivity index (χ1v) is 8.39. The minimum atomic E-state index is -0.341. The van der Waals surface area contributed by atoms with Gasteiger partial charge in [-0.1, -0.05) is 44.7 Å². The molecule has 0 aliphatic heterocycles. The molecule has 0 spiro atoms. The molecule has 0 N–H and O–H groups in total. The molecule has 0 radical (unpaired) electrons. The second-order valence-electron chi connectivity index (χ2n) is 6.21. The van der Waals surface area contributed by atoms with E-state index in [1.54, 1.807) is 0 Å². The molecule has 21 heavy (non-hydrogen) atoms. The third-order valence-electron chi connectivity index (χ3n) is 3.41. The molecule has 6 heteroatoms. The summed E-state index contributed by atoms with van der Waals surface area (Å²) in [6.45, 7) is 5.87. The Bertz CT molecular complexity index is 613. The van der Waals surface area contributed by atoms with Gasteiger partial charge in [-0.2, -0.15) is 9.78 Å². The van der Waals surface area contributed by atoms with E-state index in [1.165, 1.54) is 16.4 Å². The van der Waals surface area contributed by atoms with Gasteiger partial charge in [0.25, 0.3) is 5.56 Å². The summed E-state index contributed by atoms with van der Waals surface area (Å²) in [5.41, 5.74) is -0.0725. The number of hydrogen-bond donors (Lipinski definition) is 0. The van der Waals surface area contributed by atoms with Gasteiger partial charge in [0.1, 0.15) is 5.69 Å². The van der Waals surface area contributed by atoms with E-state index in [9.17, 15) is 4.79 Å². The first-order chi connectivity index (χ1) is 9.93. The lowest BCUT2D eigenvalue weighted by atomic mass is 9.93. The van der Waals surface area contributed by atoms with E-state index in [4.69, 9.17) is 0 Å². The largest absolute Gasteiger partial charge is 0.297 e. The van der Waals surface area contributed by atoms with E-state index in [1.807, 2.05) is 33.2 Å². The van der Waals surface area contributed by atoms with Crippen LogP contribution in [-0.2, 0) is 5.41 Å². The molecule has 0 saturated heterocycles. The van der Waals surface area contributed by atoms with Gasteiger partial charge in [0.15, 0.2) is 0 Å². The average molecular weight is 306 g/mol. The van der Waals surface area contributed by atoms with Crippen LogP contribution >= 0.6 is 11.8 Å². The van der Waals surface area contributed by atoms with Gasteiger partial charge in [-0.15, -0.1) is 10.2 Å². The van der Waals surface area contributed by atoms with Gasteiger partial charge in [-0.25, -0.2) is 0 Å². The highest BCUT2D eigenvalue weighted by atomic mass is 32.2. The second kappa shape index (κ2) is 6.56. The Kier molecular flexibility index (Phi) is 4.98. The quantitative estimate of drug-likeness (QED) is 0.489. The Hall–Kier alpha value is -1.43. The molecule has 0 fully saturated rings. The van der Waals surface area contributed by atoms with Gasteiger partial charge in [-0.3, -0.25) is 4.79 Å². The SMILES string of the molecule is CSc1nnc(C(C)(C)C)c(=O)n1/N=C/C1CC=CCC1. The maximum atomic E-state index is 12.6. The van der Waals surface area contributed by atoms with Crippen molar-refractivity contribution in [2.24, 2.45) is 11.0 Å². The summed E-state index contributed by atoms with van der Waals surface area (Å²) < 4.78 is 1.39. The lowest BCUT2D eigenvalue weighted by Crippen LogP contribution is -2.32. The second-order valence-corrected chi connectivity index (χ2v) is 6.98. The normalized spacial score (nSPS) is 19.3. The molecule has 0 bridgehead atoms.